The third kappa shape index (κ3) is 3.91. The third-order valence-corrected chi connectivity index (χ3v) is 2.79. The zero-order valence-corrected chi connectivity index (χ0v) is 10.2. The minimum atomic E-state index is -0.551. The highest BCUT2D eigenvalue weighted by atomic mass is 79.9. The van der Waals surface area contributed by atoms with Gasteiger partial charge < -0.3 is 15.5 Å². The van der Waals surface area contributed by atoms with Gasteiger partial charge >= 0.3 is 0 Å². The van der Waals surface area contributed by atoms with Gasteiger partial charge in [-0.2, -0.15) is 0 Å². The van der Waals surface area contributed by atoms with E-state index in [1.165, 1.54) is 0 Å². The van der Waals surface area contributed by atoms with Gasteiger partial charge in [-0.15, -0.1) is 0 Å². The maximum atomic E-state index is 9.95. The molecule has 0 amide bonds. The van der Waals surface area contributed by atoms with Crippen molar-refractivity contribution < 1.29 is 10.2 Å². The average Bonchev–Trinajstić information content (AvgIpc) is 2.26. The van der Waals surface area contributed by atoms with Crippen molar-refractivity contribution in [1.82, 2.24) is 5.32 Å². The summed E-state index contributed by atoms with van der Waals surface area (Å²) in [5.41, 5.74) is 0.871. The van der Waals surface area contributed by atoms with Crippen LogP contribution in [0.2, 0.25) is 0 Å². The molecule has 3 N–H and O–H groups in total. The lowest BCUT2D eigenvalue weighted by Gasteiger charge is -2.20. The van der Waals surface area contributed by atoms with Crippen molar-refractivity contribution in [2.24, 2.45) is 0 Å². The molecular formula is C11H16BrNO2. The molecule has 0 aliphatic rings. The van der Waals surface area contributed by atoms with E-state index >= 15 is 0 Å². The van der Waals surface area contributed by atoms with Crippen LogP contribution in [0.5, 0.6) is 0 Å². The Labute approximate surface area is 98.3 Å². The Kier molecular flexibility index (Phi) is 5.25. The molecule has 1 rings (SSSR count). The van der Waals surface area contributed by atoms with Crippen molar-refractivity contribution in [3.63, 3.8) is 0 Å². The van der Waals surface area contributed by atoms with Gasteiger partial charge in [0.05, 0.1) is 12.7 Å². The van der Waals surface area contributed by atoms with Crippen molar-refractivity contribution in [3.05, 3.63) is 34.3 Å². The topological polar surface area (TPSA) is 52.5 Å². The van der Waals surface area contributed by atoms with E-state index < -0.39 is 6.10 Å². The van der Waals surface area contributed by atoms with Crippen LogP contribution in [-0.4, -0.2) is 29.4 Å². The maximum absolute atomic E-state index is 9.95. The Bertz CT molecular complexity index is 289. The molecule has 0 aliphatic heterocycles. The predicted molar refractivity (Wildman–Crippen MR) is 63.7 cm³/mol. The van der Waals surface area contributed by atoms with Gasteiger partial charge in [-0.05, 0) is 24.6 Å². The smallest absolute Gasteiger partial charge is 0.0940 e. The first-order valence-corrected chi connectivity index (χ1v) is 5.72. The quantitative estimate of drug-likeness (QED) is 0.761. The van der Waals surface area contributed by atoms with E-state index in [1.807, 2.05) is 31.2 Å². The van der Waals surface area contributed by atoms with E-state index in [0.29, 0.717) is 6.54 Å². The van der Waals surface area contributed by atoms with Gasteiger partial charge in [-0.1, -0.05) is 28.1 Å². The standard InChI is InChI=1S/C11H16BrNO2/c1-8(13-6-7-14)11(15)9-2-4-10(12)5-3-9/h2-5,8,11,13-15H,6-7H2,1H3. The van der Waals surface area contributed by atoms with Gasteiger partial charge in [0.2, 0.25) is 0 Å². The van der Waals surface area contributed by atoms with E-state index in [9.17, 15) is 5.11 Å². The molecule has 0 saturated carbocycles. The number of benzene rings is 1. The van der Waals surface area contributed by atoms with Crippen LogP contribution < -0.4 is 5.32 Å². The van der Waals surface area contributed by atoms with Gasteiger partial charge in [0, 0.05) is 17.1 Å². The minimum absolute atomic E-state index is 0.0710. The summed E-state index contributed by atoms with van der Waals surface area (Å²) in [6.07, 6.45) is -0.551. The predicted octanol–water partition coefficient (Wildman–Crippen LogP) is 1.45. The Morgan fingerprint density at radius 1 is 1.33 bits per heavy atom. The highest BCUT2D eigenvalue weighted by molar-refractivity contribution is 9.10. The lowest BCUT2D eigenvalue weighted by Crippen LogP contribution is -2.34. The molecular weight excluding hydrogens is 258 g/mol. The average molecular weight is 274 g/mol. The van der Waals surface area contributed by atoms with E-state index in [1.54, 1.807) is 0 Å². The van der Waals surface area contributed by atoms with Crippen molar-refractivity contribution in [3.8, 4) is 0 Å². The van der Waals surface area contributed by atoms with Crippen molar-refractivity contribution in [2.45, 2.75) is 19.1 Å². The fourth-order valence-corrected chi connectivity index (χ4v) is 1.62. The van der Waals surface area contributed by atoms with Crippen molar-refractivity contribution in [2.75, 3.05) is 13.2 Å². The number of nitrogens with one attached hydrogen (secondary N) is 1. The van der Waals surface area contributed by atoms with E-state index in [-0.39, 0.29) is 12.6 Å². The molecule has 1 aromatic carbocycles. The van der Waals surface area contributed by atoms with Crippen LogP contribution in [0.4, 0.5) is 0 Å². The van der Waals surface area contributed by atoms with Crippen LogP contribution in [0.3, 0.4) is 0 Å². The Morgan fingerprint density at radius 2 is 1.93 bits per heavy atom. The van der Waals surface area contributed by atoms with Crippen LogP contribution in [0.25, 0.3) is 0 Å². The van der Waals surface area contributed by atoms with E-state index in [4.69, 9.17) is 5.11 Å². The molecule has 0 aliphatic carbocycles. The lowest BCUT2D eigenvalue weighted by atomic mass is 10.0. The zero-order valence-electron chi connectivity index (χ0n) is 8.65. The zero-order chi connectivity index (χ0) is 11.3. The van der Waals surface area contributed by atoms with Gasteiger partial charge in [-0.25, -0.2) is 0 Å². The third-order valence-electron chi connectivity index (χ3n) is 2.26. The number of hydrogen-bond acceptors (Lipinski definition) is 3. The van der Waals surface area contributed by atoms with E-state index in [0.717, 1.165) is 10.0 Å². The highest BCUT2D eigenvalue weighted by Crippen LogP contribution is 2.19. The molecule has 4 heteroatoms. The van der Waals surface area contributed by atoms with Crippen LogP contribution >= 0.6 is 15.9 Å². The normalized spacial score (nSPS) is 14.9. The summed E-state index contributed by atoms with van der Waals surface area (Å²) in [6.45, 7) is 2.47. The van der Waals surface area contributed by atoms with Gasteiger partial charge in [0.25, 0.3) is 0 Å². The fraction of sp³-hybridized carbons (Fsp3) is 0.455. The van der Waals surface area contributed by atoms with Crippen LogP contribution in [0.1, 0.15) is 18.6 Å². The summed E-state index contributed by atoms with van der Waals surface area (Å²) in [5, 5.41) is 21.6. The molecule has 1 aromatic rings. The number of rotatable bonds is 5. The second-order valence-corrected chi connectivity index (χ2v) is 4.38. The summed E-state index contributed by atoms with van der Waals surface area (Å²) >= 11 is 3.34. The Hall–Kier alpha value is -0.420. The Morgan fingerprint density at radius 3 is 2.47 bits per heavy atom. The number of aliphatic hydroxyl groups is 2. The first-order chi connectivity index (χ1) is 7.15. The van der Waals surface area contributed by atoms with Gasteiger partial charge in [-0.3, -0.25) is 0 Å². The second-order valence-electron chi connectivity index (χ2n) is 3.46. The summed E-state index contributed by atoms with van der Waals surface area (Å²) in [4.78, 5) is 0. The molecule has 0 bridgehead atoms. The van der Waals surface area contributed by atoms with Gasteiger partial charge in [0.15, 0.2) is 0 Å². The molecule has 0 saturated heterocycles. The molecule has 0 fully saturated rings. The Balaban J connectivity index is 2.59. The first kappa shape index (κ1) is 12.6. The number of aliphatic hydroxyl groups excluding tert-OH is 2. The van der Waals surface area contributed by atoms with Crippen LogP contribution in [0, 0.1) is 0 Å². The van der Waals surface area contributed by atoms with Crippen molar-refractivity contribution >= 4 is 15.9 Å². The summed E-state index contributed by atoms with van der Waals surface area (Å²) in [5.74, 6) is 0. The molecule has 0 spiro atoms. The largest absolute Gasteiger partial charge is 0.395 e. The summed E-state index contributed by atoms with van der Waals surface area (Å²) in [6, 6.07) is 7.49. The van der Waals surface area contributed by atoms with E-state index in [2.05, 4.69) is 21.2 Å². The minimum Gasteiger partial charge on any atom is -0.395 e. The molecule has 2 unspecified atom stereocenters. The highest BCUT2D eigenvalue weighted by Gasteiger charge is 2.14. The van der Waals surface area contributed by atoms with Crippen LogP contribution in [-0.2, 0) is 0 Å². The molecule has 84 valence electrons. The molecule has 0 radical (unpaired) electrons. The SMILES string of the molecule is CC(NCCO)C(O)c1ccc(Br)cc1. The molecule has 15 heavy (non-hydrogen) atoms. The molecule has 0 heterocycles. The monoisotopic (exact) mass is 273 g/mol. The maximum Gasteiger partial charge on any atom is 0.0940 e. The molecule has 0 aromatic heterocycles. The second kappa shape index (κ2) is 6.23. The number of halogens is 1. The van der Waals surface area contributed by atoms with Crippen LogP contribution in [0.15, 0.2) is 28.7 Å². The summed E-state index contributed by atoms with van der Waals surface area (Å²) < 4.78 is 0.995. The molecule has 2 atom stereocenters. The fourth-order valence-electron chi connectivity index (χ4n) is 1.35. The van der Waals surface area contributed by atoms with Gasteiger partial charge in [0.1, 0.15) is 0 Å². The summed E-state index contributed by atoms with van der Waals surface area (Å²) in [7, 11) is 0. The molecule has 3 nitrogen and oxygen atoms in total. The van der Waals surface area contributed by atoms with Crippen molar-refractivity contribution in [1.29, 1.82) is 0 Å². The number of hydrogen-bond donors (Lipinski definition) is 3. The lowest BCUT2D eigenvalue weighted by molar-refractivity contribution is 0.132. The first-order valence-electron chi connectivity index (χ1n) is 4.93.